The van der Waals surface area contributed by atoms with Crippen LogP contribution in [-0.2, 0) is 9.59 Å². The van der Waals surface area contributed by atoms with Crippen LogP contribution in [0, 0.1) is 5.92 Å². The molecule has 0 saturated carbocycles. The Labute approximate surface area is 141 Å². The van der Waals surface area contributed by atoms with E-state index in [1.165, 1.54) is 6.92 Å². The first-order chi connectivity index (χ1) is 11.3. The lowest BCUT2D eigenvalue weighted by molar-refractivity contribution is -0.141. The Hall–Kier alpha value is -2.57. The highest BCUT2D eigenvalue weighted by Crippen LogP contribution is 2.13. The Balaban J connectivity index is 2.78. The smallest absolute Gasteiger partial charge is 0.325 e. The van der Waals surface area contributed by atoms with E-state index in [2.05, 4.69) is 10.6 Å². The van der Waals surface area contributed by atoms with Gasteiger partial charge < -0.3 is 20.5 Å². The third kappa shape index (κ3) is 5.57. The fourth-order valence-electron chi connectivity index (χ4n) is 1.99. The van der Waals surface area contributed by atoms with Crippen LogP contribution in [0.2, 0.25) is 0 Å². The van der Waals surface area contributed by atoms with Gasteiger partial charge in [0.05, 0.1) is 6.61 Å². The summed E-state index contributed by atoms with van der Waals surface area (Å²) in [5, 5.41) is 13.9. The topological polar surface area (TPSA) is 105 Å². The van der Waals surface area contributed by atoms with E-state index in [1.54, 1.807) is 38.1 Å². The lowest BCUT2D eigenvalue weighted by atomic mass is 10.0. The molecule has 7 heteroatoms. The number of hydrogen-bond donors (Lipinski definition) is 3. The number of hydrogen-bond acceptors (Lipinski definition) is 4. The molecule has 0 heterocycles. The summed E-state index contributed by atoms with van der Waals surface area (Å²) in [5.41, 5.74) is 0.392. The van der Waals surface area contributed by atoms with Crippen molar-refractivity contribution in [3.05, 3.63) is 29.8 Å². The van der Waals surface area contributed by atoms with Crippen molar-refractivity contribution in [1.82, 2.24) is 10.6 Å². The molecule has 1 unspecified atom stereocenters. The van der Waals surface area contributed by atoms with Gasteiger partial charge in [-0.05, 0) is 44.0 Å². The highest BCUT2D eigenvalue weighted by Gasteiger charge is 2.27. The molecule has 0 radical (unpaired) electrons. The van der Waals surface area contributed by atoms with Crippen molar-refractivity contribution < 1.29 is 24.2 Å². The van der Waals surface area contributed by atoms with E-state index in [0.717, 1.165) is 0 Å². The fraction of sp³-hybridized carbons (Fsp3) is 0.471. The summed E-state index contributed by atoms with van der Waals surface area (Å²) in [5.74, 6) is -1.61. The van der Waals surface area contributed by atoms with E-state index in [-0.39, 0.29) is 5.92 Å². The summed E-state index contributed by atoms with van der Waals surface area (Å²) in [6, 6.07) is 4.71. The number of nitrogens with one attached hydrogen (secondary N) is 2. The van der Waals surface area contributed by atoms with Crippen LogP contribution in [0.3, 0.4) is 0 Å². The van der Waals surface area contributed by atoms with Crippen LogP contribution in [0.25, 0.3) is 0 Å². The highest BCUT2D eigenvalue weighted by molar-refractivity contribution is 5.98. The van der Waals surface area contributed by atoms with Crippen molar-refractivity contribution in [2.45, 2.75) is 39.8 Å². The van der Waals surface area contributed by atoms with Crippen LogP contribution in [-0.4, -0.2) is 41.6 Å². The van der Waals surface area contributed by atoms with Gasteiger partial charge in [0.25, 0.3) is 5.91 Å². The molecule has 0 saturated heterocycles. The standard InChI is InChI=1S/C17H24N2O5/c1-5-24-13-8-6-12(7-9-13)15(20)19-14(10(2)3)16(21)18-11(4)17(22)23/h6-11,14H,5H2,1-4H3,(H,18,21)(H,19,20)(H,22,23)/t11-,14?/m0/s1. The van der Waals surface area contributed by atoms with E-state index < -0.39 is 29.9 Å². The zero-order valence-electron chi connectivity index (χ0n) is 14.3. The first-order valence-electron chi connectivity index (χ1n) is 7.83. The van der Waals surface area contributed by atoms with Crippen molar-refractivity contribution >= 4 is 17.8 Å². The number of carboxylic acids is 1. The summed E-state index contributed by atoms with van der Waals surface area (Å²) >= 11 is 0. The van der Waals surface area contributed by atoms with Gasteiger partial charge in [0.15, 0.2) is 0 Å². The molecule has 7 nitrogen and oxygen atoms in total. The maximum absolute atomic E-state index is 12.3. The SMILES string of the molecule is CCOc1ccc(C(=O)NC(C(=O)N[C@@H](C)C(=O)O)C(C)C)cc1. The maximum Gasteiger partial charge on any atom is 0.325 e. The summed E-state index contributed by atoms with van der Waals surface area (Å²) in [4.78, 5) is 35.3. The maximum atomic E-state index is 12.3. The molecule has 0 aliphatic rings. The van der Waals surface area contributed by atoms with Crippen molar-refractivity contribution in [1.29, 1.82) is 0 Å². The number of carbonyl (C=O) groups is 3. The summed E-state index contributed by atoms with van der Waals surface area (Å²) < 4.78 is 5.31. The predicted molar refractivity (Wildman–Crippen MR) is 88.9 cm³/mol. The number of aliphatic carboxylic acids is 1. The molecule has 0 aliphatic heterocycles. The number of benzene rings is 1. The zero-order chi connectivity index (χ0) is 18.3. The first-order valence-corrected chi connectivity index (χ1v) is 7.83. The van der Waals surface area contributed by atoms with Gasteiger partial charge in [0.2, 0.25) is 5.91 Å². The lowest BCUT2D eigenvalue weighted by Gasteiger charge is -2.23. The monoisotopic (exact) mass is 336 g/mol. The summed E-state index contributed by atoms with van der Waals surface area (Å²) in [6.45, 7) is 7.31. The minimum Gasteiger partial charge on any atom is -0.494 e. The number of carbonyl (C=O) groups excluding carboxylic acids is 2. The second-order valence-corrected chi connectivity index (χ2v) is 5.72. The molecule has 2 amide bonds. The van der Waals surface area contributed by atoms with Crippen molar-refractivity contribution in [2.75, 3.05) is 6.61 Å². The second-order valence-electron chi connectivity index (χ2n) is 5.72. The molecular formula is C17H24N2O5. The van der Waals surface area contributed by atoms with Crippen LogP contribution in [0.15, 0.2) is 24.3 Å². The Morgan fingerprint density at radius 2 is 1.67 bits per heavy atom. The van der Waals surface area contributed by atoms with Gasteiger partial charge in [-0.1, -0.05) is 13.8 Å². The van der Waals surface area contributed by atoms with Crippen LogP contribution in [0.5, 0.6) is 5.75 Å². The van der Waals surface area contributed by atoms with Gasteiger partial charge in [0.1, 0.15) is 17.8 Å². The van der Waals surface area contributed by atoms with Gasteiger partial charge in [0, 0.05) is 5.56 Å². The lowest BCUT2D eigenvalue weighted by Crippen LogP contribution is -2.53. The molecule has 2 atom stereocenters. The van der Waals surface area contributed by atoms with Crippen LogP contribution < -0.4 is 15.4 Å². The molecule has 0 fully saturated rings. The Morgan fingerprint density at radius 1 is 1.08 bits per heavy atom. The quantitative estimate of drug-likeness (QED) is 0.666. The Morgan fingerprint density at radius 3 is 2.12 bits per heavy atom. The summed E-state index contributed by atoms with van der Waals surface area (Å²) in [6.07, 6.45) is 0. The second kappa shape index (κ2) is 8.90. The van der Waals surface area contributed by atoms with E-state index in [9.17, 15) is 14.4 Å². The molecule has 132 valence electrons. The van der Waals surface area contributed by atoms with Crippen molar-refractivity contribution in [2.24, 2.45) is 5.92 Å². The average molecular weight is 336 g/mol. The number of ether oxygens (including phenoxy) is 1. The third-order valence-corrected chi connectivity index (χ3v) is 3.39. The first kappa shape index (κ1) is 19.5. The van der Waals surface area contributed by atoms with Crippen molar-refractivity contribution in [3.8, 4) is 5.75 Å². The van der Waals surface area contributed by atoms with E-state index in [4.69, 9.17) is 9.84 Å². The van der Waals surface area contributed by atoms with Gasteiger partial charge in [-0.25, -0.2) is 0 Å². The van der Waals surface area contributed by atoms with E-state index in [0.29, 0.717) is 17.9 Å². The van der Waals surface area contributed by atoms with E-state index >= 15 is 0 Å². The molecule has 24 heavy (non-hydrogen) atoms. The number of amides is 2. The average Bonchev–Trinajstić information content (AvgIpc) is 2.52. The number of rotatable bonds is 8. The van der Waals surface area contributed by atoms with Crippen LogP contribution in [0.4, 0.5) is 0 Å². The molecule has 0 bridgehead atoms. The Bertz CT molecular complexity index is 583. The van der Waals surface area contributed by atoms with Gasteiger partial charge in [-0.15, -0.1) is 0 Å². The van der Waals surface area contributed by atoms with Gasteiger partial charge in [-0.2, -0.15) is 0 Å². The predicted octanol–water partition coefficient (Wildman–Crippen LogP) is 1.43. The van der Waals surface area contributed by atoms with E-state index in [1.807, 2.05) is 6.92 Å². The van der Waals surface area contributed by atoms with Gasteiger partial charge in [-0.3, -0.25) is 14.4 Å². The molecule has 1 aromatic carbocycles. The molecule has 1 rings (SSSR count). The minimum absolute atomic E-state index is 0.197. The molecular weight excluding hydrogens is 312 g/mol. The molecule has 3 N–H and O–H groups in total. The largest absolute Gasteiger partial charge is 0.494 e. The molecule has 1 aromatic rings. The number of carboxylic acid groups (broad SMARTS) is 1. The summed E-state index contributed by atoms with van der Waals surface area (Å²) in [7, 11) is 0. The van der Waals surface area contributed by atoms with Gasteiger partial charge >= 0.3 is 5.97 Å². The van der Waals surface area contributed by atoms with Crippen LogP contribution in [0.1, 0.15) is 38.1 Å². The van der Waals surface area contributed by atoms with Crippen molar-refractivity contribution in [3.63, 3.8) is 0 Å². The highest BCUT2D eigenvalue weighted by atomic mass is 16.5. The Kier molecular flexibility index (Phi) is 7.23. The van der Waals surface area contributed by atoms with Crippen LogP contribution >= 0.6 is 0 Å². The molecule has 0 spiro atoms. The normalized spacial score (nSPS) is 13.0. The third-order valence-electron chi connectivity index (χ3n) is 3.39. The fourth-order valence-corrected chi connectivity index (χ4v) is 1.99. The minimum atomic E-state index is -1.14. The molecule has 0 aliphatic carbocycles. The zero-order valence-corrected chi connectivity index (χ0v) is 14.3. The molecule has 0 aromatic heterocycles.